The Labute approximate surface area is 118 Å². The standard InChI is InChI=1S/C15H17ClN2O/c1-11(2)19-14-5-3-4-12(8-14)9-17-13-6-7-15(16)18-10-13/h3-8,10-11,17H,9H2,1-2H3. The van der Waals surface area contributed by atoms with Gasteiger partial charge in [-0.2, -0.15) is 0 Å². The van der Waals surface area contributed by atoms with Gasteiger partial charge >= 0.3 is 0 Å². The highest BCUT2D eigenvalue weighted by Crippen LogP contribution is 2.16. The lowest BCUT2D eigenvalue weighted by Gasteiger charge is -2.11. The molecule has 0 radical (unpaired) electrons. The molecule has 0 amide bonds. The molecule has 2 aromatic rings. The maximum Gasteiger partial charge on any atom is 0.129 e. The maximum absolute atomic E-state index is 5.74. The van der Waals surface area contributed by atoms with Crippen molar-refractivity contribution in [3.8, 4) is 5.75 Å². The van der Waals surface area contributed by atoms with Crippen LogP contribution in [0.2, 0.25) is 5.15 Å². The van der Waals surface area contributed by atoms with Crippen molar-refractivity contribution in [2.75, 3.05) is 5.32 Å². The van der Waals surface area contributed by atoms with Gasteiger partial charge in [0.1, 0.15) is 10.9 Å². The van der Waals surface area contributed by atoms with Crippen LogP contribution in [-0.2, 0) is 6.54 Å². The molecule has 2 rings (SSSR count). The molecule has 100 valence electrons. The van der Waals surface area contributed by atoms with Crippen LogP contribution >= 0.6 is 11.6 Å². The fourth-order valence-electron chi connectivity index (χ4n) is 1.69. The maximum atomic E-state index is 5.74. The number of pyridine rings is 1. The number of benzene rings is 1. The number of nitrogens with one attached hydrogen (secondary N) is 1. The zero-order valence-electron chi connectivity index (χ0n) is 11.1. The summed E-state index contributed by atoms with van der Waals surface area (Å²) in [5.74, 6) is 0.892. The number of halogens is 1. The fourth-order valence-corrected chi connectivity index (χ4v) is 1.80. The molecule has 0 fully saturated rings. The van der Waals surface area contributed by atoms with Crippen molar-refractivity contribution in [2.24, 2.45) is 0 Å². The number of rotatable bonds is 5. The summed E-state index contributed by atoms with van der Waals surface area (Å²) in [4.78, 5) is 4.03. The lowest BCUT2D eigenvalue weighted by Crippen LogP contribution is -2.06. The number of ether oxygens (including phenoxy) is 1. The highest BCUT2D eigenvalue weighted by atomic mass is 35.5. The average Bonchev–Trinajstić information content (AvgIpc) is 2.38. The van der Waals surface area contributed by atoms with E-state index >= 15 is 0 Å². The molecule has 0 spiro atoms. The number of anilines is 1. The van der Waals surface area contributed by atoms with Gasteiger partial charge in [0, 0.05) is 6.54 Å². The third kappa shape index (κ3) is 4.45. The molecule has 1 heterocycles. The van der Waals surface area contributed by atoms with Crippen LogP contribution in [-0.4, -0.2) is 11.1 Å². The van der Waals surface area contributed by atoms with E-state index in [0.717, 1.165) is 23.5 Å². The summed E-state index contributed by atoms with van der Waals surface area (Å²) in [5, 5.41) is 3.79. The first-order valence-corrected chi connectivity index (χ1v) is 6.62. The van der Waals surface area contributed by atoms with E-state index in [-0.39, 0.29) is 6.10 Å². The van der Waals surface area contributed by atoms with Crippen molar-refractivity contribution < 1.29 is 4.74 Å². The number of aromatic nitrogens is 1. The molecule has 3 nitrogen and oxygen atoms in total. The van der Waals surface area contributed by atoms with Crippen LogP contribution in [0.5, 0.6) is 5.75 Å². The minimum atomic E-state index is 0.184. The summed E-state index contributed by atoms with van der Waals surface area (Å²) in [7, 11) is 0. The summed E-state index contributed by atoms with van der Waals surface area (Å²) in [5.41, 5.74) is 2.10. The second-order valence-electron chi connectivity index (χ2n) is 4.54. The molecule has 0 saturated heterocycles. The zero-order valence-corrected chi connectivity index (χ0v) is 11.8. The molecule has 4 heteroatoms. The van der Waals surface area contributed by atoms with Crippen LogP contribution in [0, 0.1) is 0 Å². The summed E-state index contributed by atoms with van der Waals surface area (Å²) < 4.78 is 5.67. The Morgan fingerprint density at radius 1 is 1.26 bits per heavy atom. The quantitative estimate of drug-likeness (QED) is 0.834. The molecule has 0 aliphatic heterocycles. The molecule has 1 aromatic heterocycles. The lowest BCUT2D eigenvalue weighted by molar-refractivity contribution is 0.242. The first-order valence-electron chi connectivity index (χ1n) is 6.24. The average molecular weight is 277 g/mol. The highest BCUT2D eigenvalue weighted by molar-refractivity contribution is 6.29. The Bertz CT molecular complexity index is 526. The van der Waals surface area contributed by atoms with Gasteiger partial charge in [0.05, 0.1) is 18.0 Å². The van der Waals surface area contributed by atoms with Crippen molar-refractivity contribution in [1.29, 1.82) is 0 Å². The van der Waals surface area contributed by atoms with Crippen molar-refractivity contribution >= 4 is 17.3 Å². The first-order chi connectivity index (χ1) is 9.13. The molecule has 19 heavy (non-hydrogen) atoms. The summed E-state index contributed by atoms with van der Waals surface area (Å²) >= 11 is 5.74. The van der Waals surface area contributed by atoms with Gasteiger partial charge < -0.3 is 10.1 Å². The van der Waals surface area contributed by atoms with Gasteiger partial charge in [0.2, 0.25) is 0 Å². The molecule has 0 aliphatic rings. The predicted octanol–water partition coefficient (Wildman–Crippen LogP) is 4.13. The van der Waals surface area contributed by atoms with E-state index < -0.39 is 0 Å². The van der Waals surface area contributed by atoms with E-state index in [1.54, 1.807) is 12.3 Å². The van der Waals surface area contributed by atoms with Crippen molar-refractivity contribution in [1.82, 2.24) is 4.98 Å². The largest absolute Gasteiger partial charge is 0.491 e. The minimum Gasteiger partial charge on any atom is -0.491 e. The summed E-state index contributed by atoms with van der Waals surface area (Å²) in [6, 6.07) is 11.7. The van der Waals surface area contributed by atoms with Gasteiger partial charge in [-0.1, -0.05) is 23.7 Å². The van der Waals surface area contributed by atoms with Crippen LogP contribution in [0.3, 0.4) is 0 Å². The minimum absolute atomic E-state index is 0.184. The normalized spacial score (nSPS) is 10.5. The SMILES string of the molecule is CC(C)Oc1cccc(CNc2ccc(Cl)nc2)c1. The van der Waals surface area contributed by atoms with Crippen LogP contribution in [0.4, 0.5) is 5.69 Å². The summed E-state index contributed by atoms with van der Waals surface area (Å²) in [6.45, 7) is 4.76. The molecule has 0 bridgehead atoms. The van der Waals surface area contributed by atoms with Crippen molar-refractivity contribution in [3.63, 3.8) is 0 Å². The number of hydrogen-bond donors (Lipinski definition) is 1. The number of nitrogens with zero attached hydrogens (tertiary/aromatic N) is 1. The molecular formula is C15H17ClN2O. The third-order valence-corrected chi connectivity index (χ3v) is 2.72. The van der Waals surface area contributed by atoms with E-state index in [0.29, 0.717) is 5.15 Å². The number of hydrogen-bond acceptors (Lipinski definition) is 3. The van der Waals surface area contributed by atoms with E-state index in [9.17, 15) is 0 Å². The monoisotopic (exact) mass is 276 g/mol. The Balaban J connectivity index is 1.97. The third-order valence-electron chi connectivity index (χ3n) is 2.49. The van der Waals surface area contributed by atoms with Gasteiger partial charge in [0.15, 0.2) is 0 Å². The van der Waals surface area contributed by atoms with Gasteiger partial charge in [0.25, 0.3) is 0 Å². The lowest BCUT2D eigenvalue weighted by atomic mass is 10.2. The smallest absolute Gasteiger partial charge is 0.129 e. The second-order valence-corrected chi connectivity index (χ2v) is 4.92. The topological polar surface area (TPSA) is 34.1 Å². The molecule has 1 aromatic carbocycles. The Morgan fingerprint density at radius 2 is 2.11 bits per heavy atom. The Morgan fingerprint density at radius 3 is 2.79 bits per heavy atom. The van der Waals surface area contributed by atoms with Crippen LogP contribution in [0.15, 0.2) is 42.6 Å². The van der Waals surface area contributed by atoms with Gasteiger partial charge in [-0.3, -0.25) is 0 Å². The summed E-state index contributed by atoms with van der Waals surface area (Å²) in [6.07, 6.45) is 1.90. The van der Waals surface area contributed by atoms with E-state index in [4.69, 9.17) is 16.3 Å². The van der Waals surface area contributed by atoms with Crippen LogP contribution in [0.1, 0.15) is 19.4 Å². The van der Waals surface area contributed by atoms with Crippen LogP contribution in [0.25, 0.3) is 0 Å². The van der Waals surface area contributed by atoms with E-state index in [1.165, 1.54) is 0 Å². The molecular weight excluding hydrogens is 260 g/mol. The zero-order chi connectivity index (χ0) is 13.7. The molecule has 0 atom stereocenters. The first kappa shape index (κ1) is 13.7. The van der Waals surface area contributed by atoms with Gasteiger partial charge in [-0.15, -0.1) is 0 Å². The fraction of sp³-hybridized carbons (Fsp3) is 0.267. The van der Waals surface area contributed by atoms with Crippen molar-refractivity contribution in [2.45, 2.75) is 26.5 Å². The van der Waals surface area contributed by atoms with Gasteiger partial charge in [-0.05, 0) is 43.7 Å². The molecule has 0 aliphatic carbocycles. The van der Waals surface area contributed by atoms with Crippen molar-refractivity contribution in [3.05, 3.63) is 53.3 Å². The Hall–Kier alpha value is -1.74. The molecule has 0 saturated carbocycles. The second kappa shape index (κ2) is 6.43. The van der Waals surface area contributed by atoms with Crippen LogP contribution < -0.4 is 10.1 Å². The molecule has 1 N–H and O–H groups in total. The highest BCUT2D eigenvalue weighted by Gasteiger charge is 2.00. The van der Waals surface area contributed by atoms with E-state index in [1.807, 2.05) is 38.1 Å². The Kier molecular flexibility index (Phi) is 4.63. The molecule has 0 unspecified atom stereocenters. The van der Waals surface area contributed by atoms with Gasteiger partial charge in [-0.25, -0.2) is 4.98 Å². The predicted molar refractivity (Wildman–Crippen MR) is 78.8 cm³/mol. The van der Waals surface area contributed by atoms with E-state index in [2.05, 4.69) is 16.4 Å².